The van der Waals surface area contributed by atoms with E-state index < -0.39 is 5.91 Å². The Kier molecular flexibility index (Phi) is 6.18. The van der Waals surface area contributed by atoms with Gasteiger partial charge in [0.15, 0.2) is 5.82 Å². The average Bonchev–Trinajstić information content (AvgIpc) is 2.79. The second kappa shape index (κ2) is 9.01. The molecule has 0 unspecified atom stereocenters. The third kappa shape index (κ3) is 4.54. The fourth-order valence-electron chi connectivity index (χ4n) is 4.38. The maximum Gasteiger partial charge on any atom is 0.254 e. The Morgan fingerprint density at radius 3 is 2.39 bits per heavy atom. The molecule has 3 heterocycles. The first kappa shape index (κ1) is 21.2. The molecule has 2 amide bonds. The van der Waals surface area contributed by atoms with Crippen molar-refractivity contribution >= 4 is 17.5 Å². The molecule has 0 aliphatic carbocycles. The quantitative estimate of drug-likeness (QED) is 0.810. The number of amides is 2. The Balaban J connectivity index is 1.52. The summed E-state index contributed by atoms with van der Waals surface area (Å²) in [4.78, 5) is 40.3. The van der Waals surface area contributed by atoms with E-state index in [0.29, 0.717) is 29.2 Å². The molecule has 2 aliphatic rings. The lowest BCUT2D eigenvalue weighted by Crippen LogP contribution is -2.44. The van der Waals surface area contributed by atoms with Gasteiger partial charge < -0.3 is 20.4 Å². The zero-order valence-electron chi connectivity index (χ0n) is 18.3. The van der Waals surface area contributed by atoms with E-state index >= 15 is 0 Å². The lowest BCUT2D eigenvalue weighted by Gasteiger charge is -2.35. The van der Waals surface area contributed by atoms with Crippen LogP contribution in [-0.4, -0.2) is 71.4 Å². The maximum absolute atomic E-state index is 13.4. The van der Waals surface area contributed by atoms with Gasteiger partial charge in [0.2, 0.25) is 0 Å². The molecule has 0 radical (unpaired) electrons. The second-order valence-electron chi connectivity index (χ2n) is 8.44. The molecule has 1 aromatic carbocycles. The van der Waals surface area contributed by atoms with Gasteiger partial charge in [-0.25, -0.2) is 9.97 Å². The van der Waals surface area contributed by atoms with Crippen molar-refractivity contribution < 1.29 is 9.59 Å². The van der Waals surface area contributed by atoms with Crippen LogP contribution in [0.15, 0.2) is 30.5 Å². The Morgan fingerprint density at radius 1 is 1.03 bits per heavy atom. The van der Waals surface area contributed by atoms with Crippen molar-refractivity contribution in [3.8, 4) is 0 Å². The number of piperazine rings is 1. The molecule has 164 valence electrons. The number of aromatic nitrogens is 2. The molecule has 0 bridgehead atoms. The molecule has 2 aromatic rings. The van der Waals surface area contributed by atoms with Crippen molar-refractivity contribution in [2.45, 2.75) is 32.2 Å². The van der Waals surface area contributed by atoms with Crippen LogP contribution in [0, 0.1) is 6.92 Å². The van der Waals surface area contributed by atoms with Crippen molar-refractivity contribution in [3.63, 3.8) is 0 Å². The van der Waals surface area contributed by atoms with Crippen LogP contribution >= 0.6 is 0 Å². The highest BCUT2D eigenvalue weighted by Gasteiger charge is 2.31. The molecule has 1 atom stereocenters. The number of hydrogen-bond donors (Lipinski definition) is 1. The zero-order chi connectivity index (χ0) is 22.0. The topological polar surface area (TPSA) is 95.7 Å². The van der Waals surface area contributed by atoms with E-state index in [9.17, 15) is 9.59 Å². The fraction of sp³-hybridized carbons (Fsp3) is 0.478. The van der Waals surface area contributed by atoms with Gasteiger partial charge in [0.25, 0.3) is 11.8 Å². The molecular weight excluding hydrogens is 392 g/mol. The van der Waals surface area contributed by atoms with Crippen molar-refractivity contribution in [3.05, 3.63) is 53.1 Å². The molecule has 0 spiro atoms. The van der Waals surface area contributed by atoms with Crippen LogP contribution in [0.25, 0.3) is 0 Å². The number of hydrogen-bond acceptors (Lipinski definition) is 6. The van der Waals surface area contributed by atoms with E-state index in [1.165, 1.54) is 6.20 Å². The third-order valence-corrected chi connectivity index (χ3v) is 6.31. The number of likely N-dealkylation sites (N-methyl/N-ethyl adjacent to an activating group) is 1. The third-order valence-electron chi connectivity index (χ3n) is 6.31. The smallest absolute Gasteiger partial charge is 0.254 e. The van der Waals surface area contributed by atoms with E-state index in [0.717, 1.165) is 51.1 Å². The van der Waals surface area contributed by atoms with Gasteiger partial charge in [-0.3, -0.25) is 9.59 Å². The van der Waals surface area contributed by atoms with Crippen molar-refractivity contribution in [2.75, 3.05) is 44.7 Å². The number of carbonyl (C=O) groups is 2. The number of nitrogens with zero attached hydrogens (tertiary/aromatic N) is 5. The minimum Gasteiger partial charge on any atom is -0.369 e. The standard InChI is InChI=1S/C23H30N6O2/c1-16-19(21(24)30)15-25-22(26-16)20-5-3-4-10-29(20)23(31)17-6-8-18(9-7-17)28-13-11-27(2)12-14-28/h6-9,15,20H,3-5,10-14H2,1-2H3,(H2,24,30)/t20-/m0/s1. The molecular formula is C23H30N6O2. The number of piperidine rings is 1. The molecule has 8 heteroatoms. The first-order valence-corrected chi connectivity index (χ1v) is 10.9. The summed E-state index contributed by atoms with van der Waals surface area (Å²) in [5.74, 6) is 0.0283. The predicted molar refractivity (Wildman–Crippen MR) is 119 cm³/mol. The summed E-state index contributed by atoms with van der Waals surface area (Å²) in [6, 6.07) is 7.73. The van der Waals surface area contributed by atoms with Crippen LogP contribution < -0.4 is 10.6 Å². The average molecular weight is 423 g/mol. The van der Waals surface area contributed by atoms with Crippen molar-refractivity contribution in [2.24, 2.45) is 5.73 Å². The lowest BCUT2D eigenvalue weighted by molar-refractivity contribution is 0.0599. The number of primary amides is 1. The van der Waals surface area contributed by atoms with E-state index in [1.807, 2.05) is 29.2 Å². The molecule has 4 rings (SSSR count). The molecule has 2 aliphatic heterocycles. The zero-order valence-corrected chi connectivity index (χ0v) is 18.3. The number of benzene rings is 1. The molecule has 2 fully saturated rings. The summed E-state index contributed by atoms with van der Waals surface area (Å²) < 4.78 is 0. The van der Waals surface area contributed by atoms with Crippen LogP contribution in [0.1, 0.15) is 57.5 Å². The van der Waals surface area contributed by atoms with Gasteiger partial charge in [0.1, 0.15) is 0 Å². The summed E-state index contributed by atoms with van der Waals surface area (Å²) in [6.45, 7) is 6.50. The number of likely N-dealkylation sites (tertiary alicyclic amines) is 1. The first-order chi connectivity index (χ1) is 14.9. The summed E-state index contributed by atoms with van der Waals surface area (Å²) in [7, 11) is 2.14. The number of carbonyl (C=O) groups excluding carboxylic acids is 2. The Hall–Kier alpha value is -3.00. The van der Waals surface area contributed by atoms with Gasteiger partial charge in [0.05, 0.1) is 17.3 Å². The number of anilines is 1. The monoisotopic (exact) mass is 422 g/mol. The van der Waals surface area contributed by atoms with Gasteiger partial charge in [-0.2, -0.15) is 0 Å². The number of nitrogens with two attached hydrogens (primary N) is 1. The van der Waals surface area contributed by atoms with Crippen LogP contribution in [0.5, 0.6) is 0 Å². The number of aryl methyl sites for hydroxylation is 1. The molecule has 31 heavy (non-hydrogen) atoms. The van der Waals surface area contributed by atoms with Gasteiger partial charge in [-0.1, -0.05) is 0 Å². The van der Waals surface area contributed by atoms with E-state index in [1.54, 1.807) is 6.92 Å². The minimum absolute atomic E-state index is 0.00476. The van der Waals surface area contributed by atoms with Gasteiger partial charge in [-0.05, 0) is 57.5 Å². The van der Waals surface area contributed by atoms with Gasteiger partial charge >= 0.3 is 0 Å². The van der Waals surface area contributed by atoms with Gasteiger partial charge in [-0.15, -0.1) is 0 Å². The predicted octanol–water partition coefficient (Wildman–Crippen LogP) is 2.00. The Morgan fingerprint density at radius 2 is 1.74 bits per heavy atom. The van der Waals surface area contributed by atoms with Gasteiger partial charge in [0, 0.05) is 50.2 Å². The minimum atomic E-state index is -0.541. The summed E-state index contributed by atoms with van der Waals surface area (Å²) in [6.07, 6.45) is 4.25. The van der Waals surface area contributed by atoms with E-state index in [4.69, 9.17) is 5.73 Å². The fourth-order valence-corrected chi connectivity index (χ4v) is 4.38. The Bertz CT molecular complexity index is 953. The Labute approximate surface area is 183 Å². The largest absolute Gasteiger partial charge is 0.369 e. The van der Waals surface area contributed by atoms with Crippen molar-refractivity contribution in [1.29, 1.82) is 0 Å². The van der Waals surface area contributed by atoms with Crippen molar-refractivity contribution in [1.82, 2.24) is 19.8 Å². The highest BCUT2D eigenvalue weighted by molar-refractivity contribution is 5.95. The second-order valence-corrected chi connectivity index (χ2v) is 8.44. The highest BCUT2D eigenvalue weighted by atomic mass is 16.2. The van der Waals surface area contributed by atoms with Crippen LogP contribution in [0.3, 0.4) is 0 Å². The van der Waals surface area contributed by atoms with E-state index in [2.05, 4.69) is 26.8 Å². The number of rotatable bonds is 4. The normalized spacial score (nSPS) is 20.0. The summed E-state index contributed by atoms with van der Waals surface area (Å²) >= 11 is 0. The highest BCUT2D eigenvalue weighted by Crippen LogP contribution is 2.31. The summed E-state index contributed by atoms with van der Waals surface area (Å²) in [5, 5.41) is 0. The molecule has 2 N–H and O–H groups in total. The lowest BCUT2D eigenvalue weighted by atomic mass is 9.99. The van der Waals surface area contributed by atoms with Crippen LogP contribution in [0.2, 0.25) is 0 Å². The van der Waals surface area contributed by atoms with Crippen LogP contribution in [-0.2, 0) is 0 Å². The molecule has 1 aromatic heterocycles. The first-order valence-electron chi connectivity index (χ1n) is 10.9. The van der Waals surface area contributed by atoms with Crippen LogP contribution in [0.4, 0.5) is 5.69 Å². The SMILES string of the molecule is Cc1nc([C@@H]2CCCCN2C(=O)c2ccc(N3CCN(C)CC3)cc2)ncc1C(N)=O. The molecule has 2 saturated heterocycles. The molecule has 0 saturated carbocycles. The maximum atomic E-state index is 13.4. The van der Waals surface area contributed by atoms with E-state index in [-0.39, 0.29) is 11.9 Å². The summed E-state index contributed by atoms with van der Waals surface area (Å²) in [5.41, 5.74) is 8.07. The molecule has 8 nitrogen and oxygen atoms in total.